The molecule has 0 saturated heterocycles. The van der Waals surface area contributed by atoms with Gasteiger partial charge in [-0.05, 0) is 6.98 Å². The normalized spacial score (nSPS) is 15.1. The summed E-state index contributed by atoms with van der Waals surface area (Å²) in [6.45, 7) is -2.88. The van der Waals surface area contributed by atoms with Gasteiger partial charge in [0, 0.05) is 4.11 Å². The lowest BCUT2D eigenvalue weighted by Crippen LogP contribution is -2.16. The van der Waals surface area contributed by atoms with E-state index in [1.165, 1.54) is 0 Å². The molecule has 0 fully saturated rings. The molecule has 0 aliphatic heterocycles. The van der Waals surface area contributed by atoms with Crippen molar-refractivity contribution >= 4 is 18.4 Å². The summed E-state index contributed by atoms with van der Waals surface area (Å²) in [4.78, 5) is 9.73. The van der Waals surface area contributed by atoms with Crippen LogP contribution in [0, 0.1) is 0 Å². The molecule has 0 saturated carbocycles. The van der Waals surface area contributed by atoms with E-state index in [1.54, 1.807) is 0 Å². The maximum Gasteiger partial charge on any atom is 0.317 e. The topological polar surface area (TPSA) is 49.3 Å². The zero-order valence-electron chi connectivity index (χ0n) is 6.47. The number of nitrogens with one attached hydrogen (secondary N) is 1. The highest BCUT2D eigenvalue weighted by molar-refractivity contribution is 5.85. The maximum atomic E-state index is 9.73. The first-order chi connectivity index (χ1) is 3.92. The maximum absolute atomic E-state index is 9.73. The van der Waals surface area contributed by atoms with Crippen molar-refractivity contribution in [3.63, 3.8) is 0 Å². The predicted molar refractivity (Wildman–Crippen MR) is 28.8 cm³/mol. The van der Waals surface area contributed by atoms with Crippen LogP contribution in [0.2, 0.25) is 0 Å². The molecule has 44 valence electrons. The number of halogens is 1. The van der Waals surface area contributed by atoms with E-state index in [4.69, 9.17) is 9.22 Å². The highest BCUT2D eigenvalue weighted by Gasteiger charge is 1.86. The lowest BCUT2D eigenvalue weighted by Gasteiger charge is -1.84. The lowest BCUT2D eigenvalue weighted by atomic mass is 10.7. The second kappa shape index (κ2) is 5.72. The average molecular weight is 129 g/mol. The molecule has 4 heteroatoms. The monoisotopic (exact) mass is 128 g/mol. The van der Waals surface area contributed by atoms with Crippen LogP contribution in [0.4, 0.5) is 0 Å². The molecular formula is C3H8ClNO2. The second-order valence-electron chi connectivity index (χ2n) is 0.747. The first-order valence-electron chi connectivity index (χ1n) is 2.88. The second-order valence-corrected chi connectivity index (χ2v) is 0.747. The molecular weight excluding hydrogens is 117 g/mol. The van der Waals surface area contributed by atoms with Crippen molar-refractivity contribution in [3.05, 3.63) is 0 Å². The van der Waals surface area contributed by atoms with Crippen LogP contribution in [0.3, 0.4) is 0 Å². The van der Waals surface area contributed by atoms with Crippen molar-refractivity contribution < 1.29 is 14.0 Å². The first-order valence-corrected chi connectivity index (χ1v) is 1.38. The van der Waals surface area contributed by atoms with E-state index < -0.39 is 19.5 Å². The van der Waals surface area contributed by atoms with Crippen molar-refractivity contribution in [2.45, 2.75) is 0 Å². The van der Waals surface area contributed by atoms with Crippen molar-refractivity contribution in [1.29, 1.82) is 0 Å². The summed E-state index contributed by atoms with van der Waals surface area (Å²) in [6, 6.07) is 0. The van der Waals surface area contributed by atoms with E-state index in [9.17, 15) is 4.79 Å². The van der Waals surface area contributed by atoms with E-state index in [0.717, 1.165) is 0 Å². The molecule has 7 heavy (non-hydrogen) atoms. The number of rotatable bonds is 2. The van der Waals surface area contributed by atoms with Crippen LogP contribution in [0.25, 0.3) is 0 Å². The molecule has 0 bridgehead atoms. The fourth-order valence-corrected chi connectivity index (χ4v) is 0.0756. The third kappa shape index (κ3) is 10.7. The zero-order chi connectivity index (χ0) is 7.49. The number of carbonyl (C=O) groups is 1. The van der Waals surface area contributed by atoms with Crippen LogP contribution in [0.15, 0.2) is 0 Å². The molecule has 0 aliphatic carbocycles. The van der Waals surface area contributed by atoms with Gasteiger partial charge in [0.25, 0.3) is 0 Å². The Balaban J connectivity index is 0. The summed E-state index contributed by atoms with van der Waals surface area (Å²) in [6.07, 6.45) is 0. The van der Waals surface area contributed by atoms with Gasteiger partial charge in [-0.25, -0.2) is 0 Å². The summed E-state index contributed by atoms with van der Waals surface area (Å²) in [5.41, 5.74) is 0. The zero-order valence-corrected chi connectivity index (χ0v) is 4.29. The Morgan fingerprint density at radius 2 is 2.71 bits per heavy atom. The lowest BCUT2D eigenvalue weighted by molar-refractivity contribution is -0.135. The molecule has 0 unspecified atom stereocenters. The smallest absolute Gasteiger partial charge is 0.317 e. The van der Waals surface area contributed by atoms with Gasteiger partial charge in [-0.3, -0.25) is 4.79 Å². The molecule has 0 aromatic rings. The number of carboxylic acids is 1. The van der Waals surface area contributed by atoms with Gasteiger partial charge in [-0.15, -0.1) is 12.4 Å². The van der Waals surface area contributed by atoms with Gasteiger partial charge < -0.3 is 10.4 Å². The summed E-state index contributed by atoms with van der Waals surface area (Å²) >= 11 is 0. The van der Waals surface area contributed by atoms with E-state index in [0.29, 0.717) is 0 Å². The third-order valence-corrected chi connectivity index (χ3v) is 0.240. The Labute approximate surface area is 52.3 Å². The SMILES string of the molecule is Cl.[2H]C([2H])([2H])NCC(=O)O. The fourth-order valence-electron chi connectivity index (χ4n) is 0.0756. The van der Waals surface area contributed by atoms with Crippen molar-refractivity contribution in [2.75, 3.05) is 13.5 Å². The Bertz CT molecular complexity index is 115. The Morgan fingerprint density at radius 1 is 2.14 bits per heavy atom. The van der Waals surface area contributed by atoms with Crippen LogP contribution in [-0.2, 0) is 4.79 Å². The van der Waals surface area contributed by atoms with E-state index in [1.807, 2.05) is 5.32 Å². The highest BCUT2D eigenvalue weighted by atomic mass is 35.5. The Morgan fingerprint density at radius 3 is 2.86 bits per heavy atom. The Kier molecular flexibility index (Phi) is 3.01. The van der Waals surface area contributed by atoms with Crippen molar-refractivity contribution in [2.24, 2.45) is 0 Å². The molecule has 0 amide bonds. The van der Waals surface area contributed by atoms with E-state index in [2.05, 4.69) is 0 Å². The predicted octanol–water partition coefficient (Wildman–Crippen LogP) is -0.288. The molecule has 0 radical (unpaired) electrons. The number of hydrogen-bond acceptors (Lipinski definition) is 2. The number of aliphatic carboxylic acids is 1. The molecule has 0 aromatic heterocycles. The summed E-state index contributed by atoms with van der Waals surface area (Å²) in [7, 11) is 0. The molecule has 0 aromatic carbocycles. The molecule has 0 rings (SSSR count). The number of carboxylic acid groups (broad SMARTS) is 1. The van der Waals surface area contributed by atoms with Gasteiger partial charge in [-0.1, -0.05) is 0 Å². The van der Waals surface area contributed by atoms with E-state index >= 15 is 0 Å². The van der Waals surface area contributed by atoms with Crippen LogP contribution in [0.1, 0.15) is 4.11 Å². The Hall–Kier alpha value is -0.280. The van der Waals surface area contributed by atoms with Crippen molar-refractivity contribution in [3.8, 4) is 0 Å². The summed E-state index contributed by atoms with van der Waals surface area (Å²) < 4.78 is 19.5. The standard InChI is InChI=1S/C3H7NO2.ClH/c1-4-2-3(5)6;/h4H,2H2,1H3,(H,5,6);1H/i1D3;. The van der Waals surface area contributed by atoms with Gasteiger partial charge in [-0.2, -0.15) is 0 Å². The van der Waals surface area contributed by atoms with Gasteiger partial charge in [0.1, 0.15) is 0 Å². The molecule has 3 nitrogen and oxygen atoms in total. The summed E-state index contributed by atoms with van der Waals surface area (Å²) in [5.74, 6) is -1.17. The molecule has 0 aliphatic rings. The van der Waals surface area contributed by atoms with Crippen LogP contribution < -0.4 is 5.32 Å². The van der Waals surface area contributed by atoms with Gasteiger partial charge in [0.15, 0.2) is 0 Å². The third-order valence-electron chi connectivity index (χ3n) is 0.240. The minimum atomic E-state index is -2.35. The minimum Gasteiger partial charge on any atom is -0.480 e. The number of likely N-dealkylation sites (N-methyl/N-ethyl adjacent to an activating group) is 1. The fraction of sp³-hybridized carbons (Fsp3) is 0.667. The molecule has 0 heterocycles. The first kappa shape index (κ1) is 3.69. The highest BCUT2D eigenvalue weighted by Crippen LogP contribution is 1.50. The largest absolute Gasteiger partial charge is 0.480 e. The molecule has 0 atom stereocenters. The summed E-state index contributed by atoms with van der Waals surface area (Å²) in [5, 5.41) is 9.79. The van der Waals surface area contributed by atoms with Crippen LogP contribution in [0.5, 0.6) is 0 Å². The van der Waals surface area contributed by atoms with Crippen LogP contribution in [-0.4, -0.2) is 24.6 Å². The van der Waals surface area contributed by atoms with Crippen molar-refractivity contribution in [1.82, 2.24) is 5.32 Å². The number of hydrogen-bond donors (Lipinski definition) is 2. The quantitative estimate of drug-likeness (QED) is 0.538. The van der Waals surface area contributed by atoms with Gasteiger partial charge >= 0.3 is 5.97 Å². The van der Waals surface area contributed by atoms with Gasteiger partial charge in [0.2, 0.25) is 0 Å². The van der Waals surface area contributed by atoms with E-state index in [-0.39, 0.29) is 12.4 Å². The molecule has 2 N–H and O–H groups in total. The van der Waals surface area contributed by atoms with Gasteiger partial charge in [0.05, 0.1) is 6.54 Å². The minimum absolute atomic E-state index is 0. The average Bonchev–Trinajstić information content (AvgIpc) is 1.59. The van der Waals surface area contributed by atoms with Crippen LogP contribution >= 0.6 is 12.4 Å². The molecule has 0 spiro atoms.